The Bertz CT molecular complexity index is 1790. The van der Waals surface area contributed by atoms with Crippen LogP contribution in [-0.4, -0.2) is 62.6 Å². The summed E-state index contributed by atoms with van der Waals surface area (Å²) in [6, 6.07) is 26.6. The Morgan fingerprint density at radius 2 is 0.754 bits per heavy atom. The van der Waals surface area contributed by atoms with Crippen molar-refractivity contribution in [2.75, 3.05) is 28.4 Å². The molecule has 4 aromatic rings. The summed E-state index contributed by atoms with van der Waals surface area (Å²) in [5, 5.41) is 33.2. The van der Waals surface area contributed by atoms with Crippen LogP contribution in [0, 0.1) is 16.2 Å². The van der Waals surface area contributed by atoms with Gasteiger partial charge in [0.1, 0.15) is 39.6 Å². The zero-order chi connectivity index (χ0) is 41.8. The highest BCUT2D eigenvalue weighted by atomic mass is 16.5. The molecule has 306 valence electrons. The molecule has 57 heavy (non-hydrogen) atoms. The molecule has 2 amide bonds. The Morgan fingerprint density at radius 3 is 0.982 bits per heavy atom. The van der Waals surface area contributed by atoms with Gasteiger partial charge in [0.05, 0.1) is 40.5 Å². The standard InChI is InChI=1S/C47H60N2O8/c1-43(2,3)39(46(52,31-21-11-15-25-35(31)54-7)32-22-12-16-26-36(32)55-8)48-41(50)45(29-19-20-30-45)42(51)49-40(44(4,5)6)47(53,33-23-13-17-27-37(33)56-9)34-24-14-18-28-38(34)57-10/h11-18,21-28,39-40,52-53H,19-20,29-30H2,1-10H3,(H,48,50)(H,49,51)/t39-,40-/m1/s1. The maximum Gasteiger partial charge on any atom is 0.236 e. The van der Waals surface area contributed by atoms with Crippen molar-refractivity contribution in [3.8, 4) is 23.0 Å². The highest BCUT2D eigenvalue weighted by molar-refractivity contribution is 6.05. The molecule has 5 rings (SSSR count). The maximum atomic E-state index is 15.3. The predicted octanol–water partition coefficient (Wildman–Crippen LogP) is 7.52. The summed E-state index contributed by atoms with van der Waals surface area (Å²) in [5.41, 5.74) is -5.21. The zero-order valence-corrected chi connectivity index (χ0v) is 35.1. The maximum absolute atomic E-state index is 15.3. The second kappa shape index (κ2) is 16.8. The minimum atomic E-state index is -1.90. The first-order valence-corrected chi connectivity index (χ1v) is 19.6. The van der Waals surface area contributed by atoms with Gasteiger partial charge in [0.2, 0.25) is 11.8 Å². The molecular weight excluding hydrogens is 721 g/mol. The molecule has 0 saturated heterocycles. The molecular formula is C47H60N2O8. The van der Waals surface area contributed by atoms with Gasteiger partial charge in [0, 0.05) is 22.3 Å². The number of ether oxygens (including phenoxy) is 4. The van der Waals surface area contributed by atoms with Crippen molar-refractivity contribution in [2.24, 2.45) is 16.2 Å². The number of nitrogens with one attached hydrogen (secondary N) is 2. The second-order valence-corrected chi connectivity index (χ2v) is 17.2. The van der Waals surface area contributed by atoms with E-state index < -0.39 is 51.3 Å². The largest absolute Gasteiger partial charge is 0.496 e. The third-order valence-electron chi connectivity index (χ3n) is 11.5. The smallest absolute Gasteiger partial charge is 0.236 e. The number of aliphatic hydroxyl groups is 2. The molecule has 0 aliphatic heterocycles. The van der Waals surface area contributed by atoms with Crippen LogP contribution in [0.2, 0.25) is 0 Å². The van der Waals surface area contributed by atoms with Crippen molar-refractivity contribution >= 4 is 11.8 Å². The van der Waals surface area contributed by atoms with E-state index in [0.717, 1.165) is 0 Å². The third kappa shape index (κ3) is 7.94. The Balaban J connectivity index is 1.67. The van der Waals surface area contributed by atoms with Gasteiger partial charge in [0.15, 0.2) is 0 Å². The fourth-order valence-corrected chi connectivity index (χ4v) is 8.72. The van der Waals surface area contributed by atoms with E-state index in [0.29, 0.717) is 58.1 Å². The van der Waals surface area contributed by atoms with Crippen LogP contribution >= 0.6 is 0 Å². The molecule has 4 aromatic carbocycles. The molecule has 0 heterocycles. The first kappa shape index (κ1) is 43.1. The molecule has 0 spiro atoms. The van der Waals surface area contributed by atoms with Gasteiger partial charge in [-0.25, -0.2) is 0 Å². The van der Waals surface area contributed by atoms with Crippen LogP contribution in [0.3, 0.4) is 0 Å². The number of hydrogen-bond acceptors (Lipinski definition) is 8. The molecule has 0 bridgehead atoms. The van der Waals surface area contributed by atoms with Gasteiger partial charge >= 0.3 is 0 Å². The lowest BCUT2D eigenvalue weighted by Gasteiger charge is -2.47. The fourth-order valence-electron chi connectivity index (χ4n) is 8.72. The van der Waals surface area contributed by atoms with Gasteiger partial charge in [-0.3, -0.25) is 9.59 Å². The molecule has 2 atom stereocenters. The number of carbonyl (C=O) groups is 2. The van der Waals surface area contributed by atoms with E-state index in [1.807, 2.05) is 90.1 Å². The topological polar surface area (TPSA) is 136 Å². The van der Waals surface area contributed by atoms with Crippen molar-refractivity contribution in [3.63, 3.8) is 0 Å². The average molecular weight is 781 g/mol. The Hall–Kier alpha value is -5.06. The molecule has 0 aromatic heterocycles. The fraction of sp³-hybridized carbons (Fsp3) is 0.447. The summed E-state index contributed by atoms with van der Waals surface area (Å²) in [4.78, 5) is 30.5. The first-order valence-electron chi connectivity index (χ1n) is 19.6. The summed E-state index contributed by atoms with van der Waals surface area (Å²) >= 11 is 0. The van der Waals surface area contributed by atoms with Crippen molar-refractivity contribution < 1.29 is 38.7 Å². The van der Waals surface area contributed by atoms with Crippen LogP contribution in [-0.2, 0) is 20.8 Å². The average Bonchev–Trinajstić information content (AvgIpc) is 3.72. The van der Waals surface area contributed by atoms with Gasteiger partial charge in [-0.15, -0.1) is 0 Å². The van der Waals surface area contributed by atoms with Crippen molar-refractivity contribution in [3.05, 3.63) is 119 Å². The normalized spacial score (nSPS) is 15.6. The van der Waals surface area contributed by atoms with E-state index in [-0.39, 0.29) is 12.8 Å². The number of methoxy groups -OCH3 is 4. The van der Waals surface area contributed by atoms with E-state index >= 15 is 9.59 Å². The molecule has 4 N–H and O–H groups in total. The van der Waals surface area contributed by atoms with E-state index in [2.05, 4.69) is 10.6 Å². The molecule has 1 aliphatic rings. The van der Waals surface area contributed by atoms with Gasteiger partial charge < -0.3 is 39.8 Å². The van der Waals surface area contributed by atoms with E-state index in [1.165, 1.54) is 28.4 Å². The van der Waals surface area contributed by atoms with Gasteiger partial charge in [-0.2, -0.15) is 0 Å². The number of rotatable bonds is 14. The van der Waals surface area contributed by atoms with Crippen LogP contribution in [0.5, 0.6) is 23.0 Å². The minimum Gasteiger partial charge on any atom is -0.496 e. The molecule has 0 radical (unpaired) electrons. The number of carbonyl (C=O) groups excluding carboxylic acids is 2. The van der Waals surface area contributed by atoms with Crippen LogP contribution in [0.15, 0.2) is 97.1 Å². The van der Waals surface area contributed by atoms with E-state index in [4.69, 9.17) is 18.9 Å². The Morgan fingerprint density at radius 1 is 0.509 bits per heavy atom. The quantitative estimate of drug-likeness (QED) is 0.0967. The first-order chi connectivity index (χ1) is 26.9. The van der Waals surface area contributed by atoms with Crippen LogP contribution in [0.1, 0.15) is 89.5 Å². The Labute approximate surface area is 337 Å². The van der Waals surface area contributed by atoms with E-state index in [1.54, 1.807) is 48.5 Å². The summed E-state index contributed by atoms with van der Waals surface area (Å²) in [5.74, 6) is 0.633. The van der Waals surface area contributed by atoms with Gasteiger partial charge in [-0.1, -0.05) is 127 Å². The number of para-hydroxylation sites is 4. The molecule has 0 unspecified atom stereocenters. The highest BCUT2D eigenvalue weighted by Gasteiger charge is 2.57. The third-order valence-corrected chi connectivity index (χ3v) is 11.5. The predicted molar refractivity (Wildman–Crippen MR) is 222 cm³/mol. The molecule has 1 saturated carbocycles. The lowest BCUT2D eigenvalue weighted by molar-refractivity contribution is -0.148. The SMILES string of the molecule is COc1ccccc1C(O)(c1ccccc1OC)[C@H](NC(=O)C1(C(=O)N[C@H](C(C)(C)C)C(O)(c2ccccc2OC)c2ccccc2OC)CCCC1)C(C)(C)C. The summed E-state index contributed by atoms with van der Waals surface area (Å²) in [6.45, 7) is 11.6. The summed E-state index contributed by atoms with van der Waals surface area (Å²) in [7, 11) is 6.14. The number of benzene rings is 4. The second-order valence-electron chi connectivity index (χ2n) is 17.2. The van der Waals surface area contributed by atoms with Crippen molar-refractivity contribution in [1.82, 2.24) is 10.6 Å². The lowest BCUT2D eigenvalue weighted by Crippen LogP contribution is -2.64. The molecule has 1 aliphatic carbocycles. The van der Waals surface area contributed by atoms with Crippen LogP contribution in [0.4, 0.5) is 0 Å². The van der Waals surface area contributed by atoms with Gasteiger partial charge in [-0.05, 0) is 47.9 Å². The summed E-state index contributed by atoms with van der Waals surface area (Å²) < 4.78 is 23.2. The van der Waals surface area contributed by atoms with Gasteiger partial charge in [0.25, 0.3) is 0 Å². The van der Waals surface area contributed by atoms with E-state index in [9.17, 15) is 10.2 Å². The zero-order valence-electron chi connectivity index (χ0n) is 35.1. The molecule has 1 fully saturated rings. The lowest BCUT2D eigenvalue weighted by atomic mass is 9.68. The van der Waals surface area contributed by atoms with Crippen molar-refractivity contribution in [1.29, 1.82) is 0 Å². The molecule has 10 heteroatoms. The Kier molecular flexibility index (Phi) is 12.7. The van der Waals surface area contributed by atoms with Crippen LogP contribution < -0.4 is 29.6 Å². The van der Waals surface area contributed by atoms with Crippen LogP contribution in [0.25, 0.3) is 0 Å². The molecule has 10 nitrogen and oxygen atoms in total. The monoisotopic (exact) mass is 780 g/mol. The number of hydrogen-bond donors (Lipinski definition) is 4. The minimum absolute atomic E-state index is 0.266. The van der Waals surface area contributed by atoms with Crippen molar-refractivity contribution in [2.45, 2.75) is 90.5 Å². The highest BCUT2D eigenvalue weighted by Crippen LogP contribution is 2.50. The summed E-state index contributed by atoms with van der Waals surface area (Å²) in [6.07, 6.45) is 1.80. The number of amides is 2.